The second kappa shape index (κ2) is 11.3. The lowest BCUT2D eigenvalue weighted by atomic mass is 9.80. The standard InChI is InChI=1S/C26H31N3O.C2H4F2/c1-7-20-15-22(13-11-18(20)4)26(24(30)29(6)25(27)28-26)23-14-12-19(5)21(16-23)10-8-9-17(2)3;1-2(3)4/h11-17H,7,9H2,1-6H3,(H2,27,28);2H,1H3/t26-;/m1./s1. The van der Waals surface area contributed by atoms with E-state index in [2.05, 4.69) is 51.7 Å². The number of aliphatic imine (C=N–C) groups is 1. The highest BCUT2D eigenvalue weighted by molar-refractivity contribution is 6.09. The number of benzene rings is 2. The van der Waals surface area contributed by atoms with E-state index in [0.717, 1.165) is 42.0 Å². The molecule has 0 aromatic heterocycles. The van der Waals surface area contributed by atoms with Gasteiger partial charge in [-0.25, -0.2) is 13.8 Å². The van der Waals surface area contributed by atoms with E-state index in [1.165, 1.54) is 16.0 Å². The maximum Gasteiger partial charge on any atom is 0.266 e. The van der Waals surface area contributed by atoms with Gasteiger partial charge in [-0.1, -0.05) is 62.9 Å². The summed E-state index contributed by atoms with van der Waals surface area (Å²) >= 11 is 0. The fourth-order valence-electron chi connectivity index (χ4n) is 3.79. The van der Waals surface area contributed by atoms with E-state index in [1.807, 2.05) is 31.2 Å². The number of nitrogens with zero attached hydrogens (tertiary/aromatic N) is 2. The van der Waals surface area contributed by atoms with Gasteiger partial charge in [-0.05, 0) is 67.0 Å². The first-order valence-electron chi connectivity index (χ1n) is 11.6. The third-order valence-corrected chi connectivity index (χ3v) is 5.78. The first-order chi connectivity index (χ1) is 15.9. The quantitative estimate of drug-likeness (QED) is 0.598. The van der Waals surface area contributed by atoms with E-state index in [1.54, 1.807) is 7.05 Å². The Morgan fingerprint density at radius 1 is 1.06 bits per heavy atom. The molecule has 1 heterocycles. The van der Waals surface area contributed by atoms with Crippen molar-refractivity contribution in [2.24, 2.45) is 16.6 Å². The molecule has 1 aliphatic heterocycles. The predicted octanol–water partition coefficient (Wildman–Crippen LogP) is 5.57. The highest BCUT2D eigenvalue weighted by Gasteiger charge is 2.49. The number of hydrogen-bond donors (Lipinski definition) is 1. The number of hydrogen-bond acceptors (Lipinski definition) is 3. The number of alkyl halides is 2. The highest BCUT2D eigenvalue weighted by atomic mass is 19.3. The van der Waals surface area contributed by atoms with Crippen LogP contribution in [0.2, 0.25) is 0 Å². The van der Waals surface area contributed by atoms with E-state index in [4.69, 9.17) is 10.7 Å². The molecular formula is C28H35F2N3O. The third-order valence-electron chi connectivity index (χ3n) is 5.78. The van der Waals surface area contributed by atoms with Crippen molar-refractivity contribution in [1.82, 2.24) is 4.90 Å². The van der Waals surface area contributed by atoms with Crippen LogP contribution in [0.15, 0.2) is 41.4 Å². The summed E-state index contributed by atoms with van der Waals surface area (Å²) in [6, 6.07) is 12.1. The first kappa shape index (κ1) is 27.0. The maximum atomic E-state index is 13.5. The van der Waals surface area contributed by atoms with Gasteiger partial charge in [0.25, 0.3) is 5.91 Å². The van der Waals surface area contributed by atoms with Crippen LogP contribution in [0.25, 0.3) is 0 Å². The number of guanidine groups is 1. The normalized spacial score (nSPS) is 17.3. The first-order valence-corrected chi connectivity index (χ1v) is 11.6. The van der Waals surface area contributed by atoms with Gasteiger partial charge in [-0.2, -0.15) is 0 Å². The molecule has 0 bridgehead atoms. The molecule has 34 heavy (non-hydrogen) atoms. The molecule has 1 aliphatic rings. The summed E-state index contributed by atoms with van der Waals surface area (Å²) in [6.45, 7) is 11.4. The van der Waals surface area contributed by atoms with Gasteiger partial charge in [0.1, 0.15) is 0 Å². The van der Waals surface area contributed by atoms with Crippen LogP contribution in [0.5, 0.6) is 0 Å². The second-order valence-electron chi connectivity index (χ2n) is 8.99. The van der Waals surface area contributed by atoms with E-state index >= 15 is 0 Å². The molecule has 0 unspecified atom stereocenters. The summed E-state index contributed by atoms with van der Waals surface area (Å²) in [5, 5.41) is 0. The third kappa shape index (κ3) is 5.83. The van der Waals surface area contributed by atoms with Crippen molar-refractivity contribution in [3.63, 3.8) is 0 Å². The fraction of sp³-hybridized carbons (Fsp3) is 0.429. The van der Waals surface area contributed by atoms with Crippen LogP contribution < -0.4 is 5.73 Å². The number of aryl methyl sites for hydroxylation is 3. The molecule has 0 spiro atoms. The Morgan fingerprint density at radius 3 is 2.12 bits per heavy atom. The molecule has 1 atom stereocenters. The van der Waals surface area contributed by atoms with Crippen molar-refractivity contribution in [1.29, 1.82) is 0 Å². The Hall–Kier alpha value is -3.20. The van der Waals surface area contributed by atoms with Gasteiger partial charge >= 0.3 is 0 Å². The largest absolute Gasteiger partial charge is 0.369 e. The molecular weight excluding hydrogens is 432 g/mol. The number of nitrogens with two attached hydrogens (primary N) is 1. The zero-order chi connectivity index (χ0) is 25.6. The number of carbonyl (C=O) groups is 1. The molecule has 0 saturated heterocycles. The number of carbonyl (C=O) groups excluding carboxylic acids is 1. The van der Waals surface area contributed by atoms with Crippen LogP contribution in [0.4, 0.5) is 8.78 Å². The molecule has 2 aromatic carbocycles. The summed E-state index contributed by atoms with van der Waals surface area (Å²) < 4.78 is 20.7. The van der Waals surface area contributed by atoms with Gasteiger partial charge in [0.2, 0.25) is 6.43 Å². The molecule has 2 aromatic rings. The zero-order valence-corrected chi connectivity index (χ0v) is 21.2. The Morgan fingerprint density at radius 2 is 1.62 bits per heavy atom. The summed E-state index contributed by atoms with van der Waals surface area (Å²) in [7, 11) is 1.68. The topological polar surface area (TPSA) is 58.7 Å². The number of likely N-dealkylation sites (N-methyl/N-ethyl adjacent to an activating group) is 1. The summed E-state index contributed by atoms with van der Waals surface area (Å²) in [5.41, 5.74) is 11.0. The summed E-state index contributed by atoms with van der Waals surface area (Å²) in [6.07, 6.45) is -0.446. The SMILES string of the molecule is CC(F)F.CCc1cc([C@]2(c3ccc(C)c(C#CCC(C)C)c3)N=C(N)N(C)C2=O)ccc1C. The Balaban J connectivity index is 0.000000945. The van der Waals surface area contributed by atoms with Crippen LogP contribution in [0.1, 0.15) is 67.5 Å². The minimum absolute atomic E-state index is 0.143. The van der Waals surface area contributed by atoms with E-state index < -0.39 is 12.0 Å². The lowest BCUT2D eigenvalue weighted by Crippen LogP contribution is -2.41. The second-order valence-corrected chi connectivity index (χ2v) is 8.99. The lowest BCUT2D eigenvalue weighted by Gasteiger charge is -2.27. The molecule has 0 aliphatic carbocycles. The van der Waals surface area contributed by atoms with Crippen LogP contribution in [-0.2, 0) is 16.8 Å². The maximum absolute atomic E-state index is 13.5. The van der Waals surface area contributed by atoms with Crippen molar-refractivity contribution in [3.05, 3.63) is 69.8 Å². The van der Waals surface area contributed by atoms with Gasteiger partial charge in [-0.15, -0.1) is 0 Å². The van der Waals surface area contributed by atoms with Crippen molar-refractivity contribution in [3.8, 4) is 11.8 Å². The molecule has 182 valence electrons. The zero-order valence-electron chi connectivity index (χ0n) is 21.2. The Labute approximate surface area is 202 Å². The number of rotatable bonds is 4. The van der Waals surface area contributed by atoms with E-state index in [9.17, 15) is 13.6 Å². The molecule has 4 nitrogen and oxygen atoms in total. The lowest BCUT2D eigenvalue weighted by molar-refractivity contribution is -0.129. The molecule has 1 amide bonds. The average Bonchev–Trinajstić information content (AvgIpc) is 2.99. The summed E-state index contributed by atoms with van der Waals surface area (Å²) in [4.78, 5) is 19.7. The van der Waals surface area contributed by atoms with Gasteiger partial charge in [-0.3, -0.25) is 9.69 Å². The van der Waals surface area contributed by atoms with Gasteiger partial charge < -0.3 is 5.73 Å². The minimum atomic E-state index is -2.17. The monoisotopic (exact) mass is 467 g/mol. The molecule has 0 saturated carbocycles. The average molecular weight is 468 g/mol. The molecule has 2 N–H and O–H groups in total. The van der Waals surface area contributed by atoms with Crippen molar-refractivity contribution in [2.75, 3.05) is 7.05 Å². The van der Waals surface area contributed by atoms with E-state index in [0.29, 0.717) is 5.92 Å². The summed E-state index contributed by atoms with van der Waals surface area (Å²) in [5.74, 6) is 7.15. The van der Waals surface area contributed by atoms with Crippen molar-refractivity contribution >= 4 is 11.9 Å². The van der Waals surface area contributed by atoms with Crippen LogP contribution in [-0.4, -0.2) is 30.2 Å². The highest BCUT2D eigenvalue weighted by Crippen LogP contribution is 2.40. The molecule has 0 radical (unpaired) electrons. The molecule has 0 fully saturated rings. The van der Waals surface area contributed by atoms with Gasteiger partial charge in [0.05, 0.1) is 0 Å². The van der Waals surface area contributed by atoms with Crippen molar-refractivity contribution in [2.45, 2.75) is 66.3 Å². The van der Waals surface area contributed by atoms with Crippen LogP contribution in [0, 0.1) is 31.6 Å². The molecule has 6 heteroatoms. The minimum Gasteiger partial charge on any atom is -0.369 e. The van der Waals surface area contributed by atoms with Crippen molar-refractivity contribution < 1.29 is 13.6 Å². The van der Waals surface area contributed by atoms with Crippen LogP contribution in [0.3, 0.4) is 0 Å². The Bertz CT molecular complexity index is 1130. The predicted molar refractivity (Wildman–Crippen MR) is 135 cm³/mol. The van der Waals surface area contributed by atoms with E-state index in [-0.39, 0.29) is 11.9 Å². The van der Waals surface area contributed by atoms with Crippen LogP contribution >= 0.6 is 0 Å². The van der Waals surface area contributed by atoms with Gasteiger partial charge in [0, 0.05) is 19.0 Å². The smallest absolute Gasteiger partial charge is 0.266 e. The number of halogens is 2. The van der Waals surface area contributed by atoms with Gasteiger partial charge in [0.15, 0.2) is 11.5 Å². The molecule has 3 rings (SSSR count). The Kier molecular flexibility index (Phi) is 8.98. The number of amides is 1. The fourth-order valence-corrected chi connectivity index (χ4v) is 3.79.